The van der Waals surface area contributed by atoms with E-state index in [-0.39, 0.29) is 35.6 Å². The van der Waals surface area contributed by atoms with Crippen LogP contribution in [0.2, 0.25) is 0 Å². The minimum absolute atomic E-state index is 0.0101. The van der Waals surface area contributed by atoms with Crippen LogP contribution in [0.15, 0.2) is 11.6 Å². The second-order valence-electron chi connectivity index (χ2n) is 20.5. The average Bonchev–Trinajstić information content (AvgIpc) is 3.64. The molecule has 22 atom stereocenters. The van der Waals surface area contributed by atoms with Crippen molar-refractivity contribution in [2.75, 3.05) is 13.2 Å². The van der Waals surface area contributed by atoms with E-state index in [1.165, 1.54) is 25.3 Å². The highest BCUT2D eigenvalue weighted by molar-refractivity contribution is 5.75. The molecule has 0 aromatic carbocycles. The lowest BCUT2D eigenvalue weighted by atomic mass is 9.47. The van der Waals surface area contributed by atoms with Gasteiger partial charge in [-0.1, -0.05) is 53.2 Å². The number of hydrogen-bond acceptors (Lipinski definition) is 14. The number of allylic oxidation sites excluding steroid dienone is 1. The number of fused-ring (bicyclic) bond motifs is 7. The lowest BCUT2D eigenvalue weighted by molar-refractivity contribution is -0.370. The summed E-state index contributed by atoms with van der Waals surface area (Å²) in [5, 5.41) is 54.3. The first-order chi connectivity index (χ1) is 27.4. The van der Waals surface area contributed by atoms with Gasteiger partial charge in [0, 0.05) is 12.3 Å². The van der Waals surface area contributed by atoms with Gasteiger partial charge in [0.2, 0.25) is 0 Å². The van der Waals surface area contributed by atoms with Gasteiger partial charge in [0.25, 0.3) is 0 Å². The highest BCUT2D eigenvalue weighted by Crippen LogP contribution is 2.70. The van der Waals surface area contributed by atoms with Crippen LogP contribution in [0.4, 0.5) is 0 Å². The van der Waals surface area contributed by atoms with Crippen molar-refractivity contribution in [3.05, 3.63) is 11.6 Å². The first-order valence-electron chi connectivity index (χ1n) is 22.3. The fraction of sp³-hybridized carbons (Fsp3) is 0.932. The van der Waals surface area contributed by atoms with Crippen LogP contribution in [0.25, 0.3) is 0 Å². The van der Waals surface area contributed by atoms with Crippen LogP contribution < -0.4 is 5.73 Å². The van der Waals surface area contributed by atoms with Gasteiger partial charge in [-0.05, 0) is 105 Å². The number of carbonyl (C=O) groups is 1. The molecule has 0 amide bonds. The molecular formula is C44H71NO13. The van der Waals surface area contributed by atoms with Crippen molar-refractivity contribution >= 4 is 5.97 Å². The number of nitrogens with two attached hydrogens (primary N) is 1. The molecule has 4 saturated heterocycles. The number of ether oxygens (including phenoxy) is 7. The van der Waals surface area contributed by atoms with Crippen LogP contribution in [0, 0.1) is 52.3 Å². The normalized spacial score (nSPS) is 53.3. The lowest BCUT2D eigenvalue weighted by Crippen LogP contribution is -2.64. The smallest absolute Gasteiger partial charge is 0.323 e. The second-order valence-corrected chi connectivity index (χ2v) is 20.5. The minimum atomic E-state index is -1.65. The number of hydrogen-bond donors (Lipinski definition) is 6. The van der Waals surface area contributed by atoms with E-state index in [1.807, 2.05) is 0 Å². The van der Waals surface area contributed by atoms with Crippen LogP contribution >= 0.6 is 0 Å². The van der Waals surface area contributed by atoms with Crippen molar-refractivity contribution in [2.45, 2.75) is 192 Å². The summed E-state index contributed by atoms with van der Waals surface area (Å²) in [4.78, 5) is 12.6. The first-order valence-corrected chi connectivity index (χ1v) is 22.3. The average molecular weight is 822 g/mol. The van der Waals surface area contributed by atoms with E-state index in [9.17, 15) is 30.3 Å². The first kappa shape index (κ1) is 43.4. The molecule has 4 aliphatic carbocycles. The number of aliphatic hydroxyl groups is 5. The van der Waals surface area contributed by atoms with Gasteiger partial charge in [-0.2, -0.15) is 0 Å². The van der Waals surface area contributed by atoms with E-state index in [4.69, 9.17) is 38.9 Å². The molecule has 0 radical (unpaired) electrons. The summed E-state index contributed by atoms with van der Waals surface area (Å²) in [5.41, 5.74) is 7.59. The zero-order chi connectivity index (χ0) is 41.6. The van der Waals surface area contributed by atoms with Gasteiger partial charge >= 0.3 is 5.97 Å². The fourth-order valence-electron chi connectivity index (χ4n) is 13.1. The van der Waals surface area contributed by atoms with Crippen LogP contribution in [0.1, 0.15) is 106 Å². The Morgan fingerprint density at radius 3 is 2.36 bits per heavy atom. The van der Waals surface area contributed by atoms with Crippen molar-refractivity contribution in [3.8, 4) is 0 Å². The molecule has 14 heteroatoms. The fourth-order valence-corrected chi connectivity index (χ4v) is 13.1. The lowest BCUT2D eigenvalue weighted by Gasteiger charge is -2.58. The Morgan fingerprint density at radius 1 is 0.897 bits per heavy atom. The molecule has 330 valence electrons. The van der Waals surface area contributed by atoms with Crippen molar-refractivity contribution in [1.82, 2.24) is 0 Å². The third kappa shape index (κ3) is 7.24. The summed E-state index contributed by atoms with van der Waals surface area (Å²) in [6.45, 7) is 15.2. The van der Waals surface area contributed by atoms with Gasteiger partial charge in [-0.3, -0.25) is 4.79 Å². The molecule has 0 aromatic heterocycles. The molecule has 4 unspecified atom stereocenters. The van der Waals surface area contributed by atoms with Gasteiger partial charge < -0.3 is 64.4 Å². The van der Waals surface area contributed by atoms with E-state index in [0.29, 0.717) is 41.9 Å². The number of aliphatic hydroxyl groups excluding tert-OH is 5. The Bertz CT molecular complexity index is 1520. The van der Waals surface area contributed by atoms with E-state index in [0.717, 1.165) is 45.1 Å². The Hall–Kier alpha value is -1.27. The molecule has 0 aromatic rings. The minimum Gasteiger partial charge on any atom is -0.462 e. The third-order valence-corrected chi connectivity index (χ3v) is 16.8. The molecule has 58 heavy (non-hydrogen) atoms. The summed E-state index contributed by atoms with van der Waals surface area (Å²) in [7, 11) is 0. The van der Waals surface area contributed by atoms with E-state index < -0.39 is 79.2 Å². The van der Waals surface area contributed by atoms with Gasteiger partial charge in [-0.25, -0.2) is 0 Å². The quantitative estimate of drug-likeness (QED) is 0.154. The molecule has 4 aliphatic heterocycles. The highest BCUT2D eigenvalue weighted by atomic mass is 16.8. The second kappa shape index (κ2) is 16.1. The van der Waals surface area contributed by atoms with Crippen molar-refractivity contribution in [2.24, 2.45) is 58.0 Å². The molecule has 8 aliphatic rings. The third-order valence-electron chi connectivity index (χ3n) is 16.8. The topological polar surface area (TPSA) is 209 Å². The molecule has 3 saturated carbocycles. The van der Waals surface area contributed by atoms with E-state index >= 15 is 0 Å². The monoisotopic (exact) mass is 821 g/mol. The molecule has 1 spiro atoms. The Labute approximate surface area is 343 Å². The molecule has 7 fully saturated rings. The Kier molecular flexibility index (Phi) is 12.1. The van der Waals surface area contributed by atoms with Gasteiger partial charge in [0.05, 0.1) is 24.9 Å². The van der Waals surface area contributed by atoms with E-state index in [1.54, 1.807) is 13.8 Å². The zero-order valence-corrected chi connectivity index (χ0v) is 35.5. The van der Waals surface area contributed by atoms with Crippen LogP contribution in [0.5, 0.6) is 0 Å². The molecular weight excluding hydrogens is 750 g/mol. The number of rotatable bonds is 8. The van der Waals surface area contributed by atoms with Gasteiger partial charge in [0.1, 0.15) is 55.4 Å². The van der Waals surface area contributed by atoms with E-state index in [2.05, 4.69) is 33.8 Å². The Balaban J connectivity index is 0.973. The standard InChI is InChI=1S/C44H71NO13/c1-20(2)32(45)39(51)52-19-30-34(47)36(49)38(57-40-37(50)35(48)33(46)23(5)54-40)41(56-30)55-25-11-13-42(6)24(16-25)8-9-26-27(42)12-14-43(7)28(26)17-29-31(43)22(4)44(58-29)15-10-21(3)18-53-44/h8,20-23,25-38,40-41,46-50H,9-19,45H2,1-7H3/t21-,22+,23?,25+,26-,27+,28+,29+,30?,31+,32+,33+,34-,35+,36+,37?,38?,40+,41-,42+,43+,44-/m1/s1. The maximum atomic E-state index is 12.6. The molecule has 14 nitrogen and oxygen atoms in total. The van der Waals surface area contributed by atoms with Crippen molar-refractivity contribution in [1.29, 1.82) is 0 Å². The van der Waals surface area contributed by atoms with Crippen LogP contribution in [-0.4, -0.2) is 130 Å². The molecule has 8 rings (SSSR count). The van der Waals surface area contributed by atoms with Crippen molar-refractivity contribution in [3.63, 3.8) is 0 Å². The molecule has 0 bridgehead atoms. The SMILES string of the molecule is CC(C)[C@H](N)C(=O)OCC1O[C@@H](O[C@H]2CC[C@@]3(C)C(=CC[C@H]4[C@@H]5C[C@@H]6O[C@]7(CC[C@@H](C)CO7)[C@@H](C)[C@@H]6[C@@]5(C)CC[C@@H]43)C2)C(O[C@@H]2OC(C)[C@H](O)[C@H](O)C2O)[C@@H](O)[C@@H]1O. The van der Waals surface area contributed by atoms with Gasteiger partial charge in [0.15, 0.2) is 18.4 Å². The predicted molar refractivity (Wildman–Crippen MR) is 208 cm³/mol. The Morgan fingerprint density at radius 2 is 1.66 bits per heavy atom. The maximum Gasteiger partial charge on any atom is 0.323 e. The summed E-state index contributed by atoms with van der Waals surface area (Å²) in [5.74, 6) is 1.92. The largest absolute Gasteiger partial charge is 0.462 e. The number of esters is 1. The summed E-state index contributed by atoms with van der Waals surface area (Å²) in [6.07, 6.45) is -2.63. The predicted octanol–water partition coefficient (Wildman–Crippen LogP) is 2.92. The van der Waals surface area contributed by atoms with Crippen LogP contribution in [-0.2, 0) is 38.0 Å². The molecule has 4 heterocycles. The molecule has 7 N–H and O–H groups in total. The van der Waals surface area contributed by atoms with Gasteiger partial charge in [-0.15, -0.1) is 0 Å². The highest BCUT2D eigenvalue weighted by Gasteiger charge is 2.69. The van der Waals surface area contributed by atoms with Crippen molar-refractivity contribution < 1.29 is 63.5 Å². The summed E-state index contributed by atoms with van der Waals surface area (Å²) in [6, 6.07) is -0.877. The summed E-state index contributed by atoms with van der Waals surface area (Å²) < 4.78 is 43.7. The van der Waals surface area contributed by atoms with Crippen LogP contribution in [0.3, 0.4) is 0 Å². The zero-order valence-electron chi connectivity index (χ0n) is 35.5. The number of carbonyl (C=O) groups excluding carboxylic acids is 1. The maximum absolute atomic E-state index is 12.6. The summed E-state index contributed by atoms with van der Waals surface area (Å²) >= 11 is 0.